The van der Waals surface area contributed by atoms with Gasteiger partial charge >= 0.3 is 0 Å². The van der Waals surface area contributed by atoms with Crippen molar-refractivity contribution >= 4 is 30.2 Å². The zero-order chi connectivity index (χ0) is 16.5. The Labute approximate surface area is 141 Å². The lowest BCUT2D eigenvalue weighted by molar-refractivity contribution is -0.135. The average molecular weight is 379 g/mol. The standard InChI is InChI=1S/C17H35BrO2Si/c1-14(2)21(15(3)4,16(5)6)20-17(19)12-10-8-7-9-11-13-18/h14-16H,7-13H2,1-6H3. The van der Waals surface area contributed by atoms with Crippen molar-refractivity contribution in [2.45, 2.75) is 96.7 Å². The molecule has 0 unspecified atom stereocenters. The van der Waals surface area contributed by atoms with E-state index >= 15 is 0 Å². The van der Waals surface area contributed by atoms with Gasteiger partial charge in [0.15, 0.2) is 0 Å². The van der Waals surface area contributed by atoms with Crippen LogP contribution in [0.1, 0.15) is 80.1 Å². The molecule has 0 aromatic heterocycles. The highest BCUT2D eigenvalue weighted by Gasteiger charge is 2.47. The molecule has 0 fully saturated rings. The molecule has 0 spiro atoms. The summed E-state index contributed by atoms with van der Waals surface area (Å²) in [6.45, 7) is 13.3. The summed E-state index contributed by atoms with van der Waals surface area (Å²) < 4.78 is 6.14. The molecule has 0 aliphatic rings. The second-order valence-corrected chi connectivity index (χ2v) is 13.2. The van der Waals surface area contributed by atoms with E-state index in [1.807, 2.05) is 0 Å². The molecular formula is C17H35BrO2Si. The molecule has 0 atom stereocenters. The van der Waals surface area contributed by atoms with Crippen LogP contribution in [-0.4, -0.2) is 19.6 Å². The summed E-state index contributed by atoms with van der Waals surface area (Å²) in [5, 5.41) is 1.08. The van der Waals surface area contributed by atoms with Crippen LogP contribution in [0, 0.1) is 0 Å². The smallest absolute Gasteiger partial charge is 0.292 e. The van der Waals surface area contributed by atoms with Crippen LogP contribution in [-0.2, 0) is 9.22 Å². The fourth-order valence-electron chi connectivity index (χ4n) is 3.50. The molecule has 0 aliphatic heterocycles. The van der Waals surface area contributed by atoms with Gasteiger partial charge in [-0.2, -0.15) is 0 Å². The Morgan fingerprint density at radius 3 is 1.71 bits per heavy atom. The van der Waals surface area contributed by atoms with E-state index in [2.05, 4.69) is 57.5 Å². The third-order valence-corrected chi connectivity index (χ3v) is 11.1. The maximum atomic E-state index is 12.3. The Balaban J connectivity index is 4.36. The van der Waals surface area contributed by atoms with Gasteiger partial charge in [0.05, 0.1) is 0 Å². The Morgan fingerprint density at radius 2 is 1.29 bits per heavy atom. The van der Waals surface area contributed by atoms with Crippen molar-refractivity contribution in [1.29, 1.82) is 0 Å². The van der Waals surface area contributed by atoms with E-state index in [4.69, 9.17) is 4.43 Å². The van der Waals surface area contributed by atoms with Gasteiger partial charge in [0, 0.05) is 11.8 Å². The quantitative estimate of drug-likeness (QED) is 0.235. The van der Waals surface area contributed by atoms with Crippen LogP contribution in [0.25, 0.3) is 0 Å². The van der Waals surface area contributed by atoms with Crippen molar-refractivity contribution in [3.05, 3.63) is 0 Å². The Hall–Kier alpha value is 0.167. The van der Waals surface area contributed by atoms with Crippen LogP contribution in [0.3, 0.4) is 0 Å². The van der Waals surface area contributed by atoms with Crippen molar-refractivity contribution < 1.29 is 9.22 Å². The van der Waals surface area contributed by atoms with Gasteiger partial charge in [0.1, 0.15) is 0 Å². The zero-order valence-corrected chi connectivity index (χ0v) is 17.5. The van der Waals surface area contributed by atoms with Crippen molar-refractivity contribution in [1.82, 2.24) is 0 Å². The summed E-state index contributed by atoms with van der Waals surface area (Å²) in [6, 6.07) is 0. The molecule has 4 heteroatoms. The summed E-state index contributed by atoms with van der Waals surface area (Å²) in [6.07, 6.45) is 6.41. The summed E-state index contributed by atoms with van der Waals surface area (Å²) in [5.41, 5.74) is 1.42. The molecule has 0 rings (SSSR count). The van der Waals surface area contributed by atoms with Crippen LogP contribution < -0.4 is 0 Å². The fourth-order valence-corrected chi connectivity index (χ4v) is 9.10. The number of unbranched alkanes of at least 4 members (excludes halogenated alkanes) is 4. The zero-order valence-electron chi connectivity index (χ0n) is 14.9. The Bertz CT molecular complexity index is 269. The van der Waals surface area contributed by atoms with E-state index in [0.717, 1.165) is 18.2 Å². The first kappa shape index (κ1) is 21.2. The lowest BCUT2D eigenvalue weighted by Crippen LogP contribution is -2.49. The number of hydrogen-bond acceptors (Lipinski definition) is 2. The first-order valence-electron chi connectivity index (χ1n) is 8.56. The third-order valence-electron chi connectivity index (χ3n) is 4.51. The average Bonchev–Trinajstić information content (AvgIpc) is 2.38. The van der Waals surface area contributed by atoms with Gasteiger partial charge in [-0.05, 0) is 29.5 Å². The molecule has 0 aliphatic carbocycles. The van der Waals surface area contributed by atoms with Gasteiger partial charge in [-0.15, -0.1) is 0 Å². The van der Waals surface area contributed by atoms with Gasteiger partial charge in [0.2, 0.25) is 0 Å². The molecule has 126 valence electrons. The molecule has 21 heavy (non-hydrogen) atoms. The largest absolute Gasteiger partial charge is 0.518 e. The van der Waals surface area contributed by atoms with Crippen molar-refractivity contribution in [2.75, 3.05) is 5.33 Å². The maximum Gasteiger partial charge on any atom is 0.292 e. The molecule has 0 heterocycles. The predicted octanol–water partition coefficient (Wildman–Crippen LogP) is 6.44. The van der Waals surface area contributed by atoms with Gasteiger partial charge in [-0.1, -0.05) is 76.7 Å². The SMILES string of the molecule is CC(C)[Si](OC(=O)CCCCCCCBr)(C(C)C)C(C)C. The summed E-state index contributed by atoms with van der Waals surface area (Å²) in [4.78, 5) is 12.3. The van der Waals surface area contributed by atoms with Crippen LogP contribution in [0.5, 0.6) is 0 Å². The van der Waals surface area contributed by atoms with Gasteiger partial charge in [0.25, 0.3) is 14.3 Å². The van der Waals surface area contributed by atoms with E-state index in [1.165, 1.54) is 19.3 Å². The summed E-state index contributed by atoms with van der Waals surface area (Å²) in [5.74, 6) is 0.0401. The predicted molar refractivity (Wildman–Crippen MR) is 98.6 cm³/mol. The van der Waals surface area contributed by atoms with E-state index in [-0.39, 0.29) is 5.97 Å². The lowest BCUT2D eigenvalue weighted by atomic mass is 10.1. The normalized spacial score (nSPS) is 12.5. The molecule has 0 radical (unpaired) electrons. The Kier molecular flexibility index (Phi) is 10.9. The minimum atomic E-state index is -2.03. The highest BCUT2D eigenvalue weighted by Crippen LogP contribution is 2.42. The molecule has 0 bridgehead atoms. The minimum Gasteiger partial charge on any atom is -0.518 e. The van der Waals surface area contributed by atoms with E-state index in [9.17, 15) is 4.79 Å². The van der Waals surface area contributed by atoms with Crippen LogP contribution in [0.2, 0.25) is 16.6 Å². The monoisotopic (exact) mass is 378 g/mol. The maximum absolute atomic E-state index is 12.3. The molecule has 0 aromatic carbocycles. The summed E-state index contributed by atoms with van der Waals surface area (Å²) >= 11 is 3.45. The number of halogens is 1. The fraction of sp³-hybridized carbons (Fsp3) is 0.941. The topological polar surface area (TPSA) is 26.3 Å². The Morgan fingerprint density at radius 1 is 0.857 bits per heavy atom. The molecule has 0 N–H and O–H groups in total. The second-order valence-electron chi connectivity index (χ2n) is 7.00. The number of carbonyl (C=O) groups excluding carboxylic acids is 1. The highest BCUT2D eigenvalue weighted by molar-refractivity contribution is 9.09. The van der Waals surface area contributed by atoms with Crippen molar-refractivity contribution in [3.63, 3.8) is 0 Å². The lowest BCUT2D eigenvalue weighted by Gasteiger charge is -2.41. The number of carbonyl (C=O) groups is 1. The van der Waals surface area contributed by atoms with Crippen LogP contribution >= 0.6 is 15.9 Å². The van der Waals surface area contributed by atoms with E-state index in [1.54, 1.807) is 0 Å². The molecule has 0 saturated carbocycles. The third kappa shape index (κ3) is 6.85. The van der Waals surface area contributed by atoms with E-state index < -0.39 is 8.32 Å². The number of alkyl halides is 1. The number of hydrogen-bond donors (Lipinski definition) is 0. The second kappa shape index (κ2) is 10.8. The molecule has 0 saturated heterocycles. The number of rotatable bonds is 11. The van der Waals surface area contributed by atoms with Crippen LogP contribution in [0.15, 0.2) is 0 Å². The molecule has 2 nitrogen and oxygen atoms in total. The van der Waals surface area contributed by atoms with Gasteiger partial charge in [-0.25, -0.2) is 0 Å². The van der Waals surface area contributed by atoms with Crippen LogP contribution in [0.4, 0.5) is 0 Å². The van der Waals surface area contributed by atoms with Crippen molar-refractivity contribution in [2.24, 2.45) is 0 Å². The van der Waals surface area contributed by atoms with Crippen molar-refractivity contribution in [3.8, 4) is 0 Å². The van der Waals surface area contributed by atoms with Gasteiger partial charge in [-0.3, -0.25) is 4.79 Å². The van der Waals surface area contributed by atoms with E-state index in [0.29, 0.717) is 23.0 Å². The molecule has 0 aromatic rings. The molecule has 0 amide bonds. The van der Waals surface area contributed by atoms with Gasteiger partial charge < -0.3 is 4.43 Å². The first-order valence-corrected chi connectivity index (χ1v) is 11.8. The minimum absolute atomic E-state index is 0.0401. The first-order chi connectivity index (χ1) is 9.78. The molecular weight excluding hydrogens is 344 g/mol. The summed E-state index contributed by atoms with van der Waals surface area (Å²) in [7, 11) is -2.03. The highest BCUT2D eigenvalue weighted by atomic mass is 79.9.